The van der Waals surface area contributed by atoms with Crippen LogP contribution in [0, 0.1) is 0 Å². The van der Waals surface area contributed by atoms with Crippen molar-refractivity contribution >= 4 is 17.1 Å². The molecule has 0 fully saturated rings. The first-order chi connectivity index (χ1) is 7.90. The van der Waals surface area contributed by atoms with E-state index in [2.05, 4.69) is 15.1 Å². The van der Waals surface area contributed by atoms with Gasteiger partial charge in [0.1, 0.15) is 6.61 Å². The van der Waals surface area contributed by atoms with Gasteiger partial charge in [-0.15, -0.1) is 0 Å². The number of fused-ring (bicyclic) bond motifs is 1. The van der Waals surface area contributed by atoms with E-state index in [0.717, 1.165) is 16.6 Å². The molecule has 5 nitrogen and oxygen atoms in total. The van der Waals surface area contributed by atoms with Gasteiger partial charge in [0.15, 0.2) is 0 Å². The molecule has 0 aromatic carbocycles. The highest BCUT2D eigenvalue weighted by molar-refractivity contribution is 5.88. The zero-order chi connectivity index (χ0) is 11.2. The number of aromatic nitrogens is 2. The summed E-state index contributed by atoms with van der Waals surface area (Å²) in [5.41, 5.74) is 1.88. The van der Waals surface area contributed by atoms with Crippen molar-refractivity contribution < 1.29 is 9.57 Å². The Balaban J connectivity index is 1.98. The molecule has 0 aliphatic carbocycles. The lowest BCUT2D eigenvalue weighted by molar-refractivity contribution is 0.0759. The molecule has 0 aliphatic heterocycles. The SMILES string of the molecule is COCCON=Cc1cc2ccncc2[nH]1. The molecule has 84 valence electrons. The normalized spacial score (nSPS) is 11.3. The van der Waals surface area contributed by atoms with E-state index in [1.807, 2.05) is 12.1 Å². The second kappa shape index (κ2) is 5.27. The van der Waals surface area contributed by atoms with Crippen LogP contribution in [0.2, 0.25) is 0 Å². The Morgan fingerprint density at radius 3 is 3.25 bits per heavy atom. The van der Waals surface area contributed by atoms with Crippen molar-refractivity contribution in [2.24, 2.45) is 5.16 Å². The Morgan fingerprint density at radius 2 is 2.44 bits per heavy atom. The Hall–Kier alpha value is -1.88. The first kappa shape index (κ1) is 10.6. The van der Waals surface area contributed by atoms with Crippen molar-refractivity contribution in [3.63, 3.8) is 0 Å². The molecule has 1 N–H and O–H groups in total. The monoisotopic (exact) mass is 219 g/mol. The first-order valence-corrected chi connectivity index (χ1v) is 4.97. The lowest BCUT2D eigenvalue weighted by Crippen LogP contribution is -1.97. The maximum absolute atomic E-state index is 4.98. The standard InChI is InChI=1S/C11H13N3O2/c1-15-4-5-16-13-7-10-6-9-2-3-12-8-11(9)14-10/h2-3,6-8,14H,4-5H2,1H3. The van der Waals surface area contributed by atoms with E-state index in [0.29, 0.717) is 13.2 Å². The van der Waals surface area contributed by atoms with Crippen LogP contribution in [0.25, 0.3) is 10.9 Å². The molecule has 0 bridgehead atoms. The number of hydrogen-bond donors (Lipinski definition) is 1. The summed E-state index contributed by atoms with van der Waals surface area (Å²) in [5, 5.41) is 4.92. The molecular weight excluding hydrogens is 206 g/mol. The van der Waals surface area contributed by atoms with Crippen LogP contribution in [0.3, 0.4) is 0 Å². The van der Waals surface area contributed by atoms with Gasteiger partial charge >= 0.3 is 0 Å². The van der Waals surface area contributed by atoms with E-state index in [4.69, 9.17) is 9.57 Å². The largest absolute Gasteiger partial charge is 0.393 e. The van der Waals surface area contributed by atoms with Gasteiger partial charge in [0.05, 0.1) is 30.2 Å². The second-order valence-corrected chi connectivity index (χ2v) is 3.25. The van der Waals surface area contributed by atoms with Gasteiger partial charge in [-0.1, -0.05) is 5.16 Å². The molecule has 0 unspecified atom stereocenters. The van der Waals surface area contributed by atoms with E-state index < -0.39 is 0 Å². The first-order valence-electron chi connectivity index (χ1n) is 4.97. The van der Waals surface area contributed by atoms with Crippen molar-refractivity contribution in [1.29, 1.82) is 0 Å². The van der Waals surface area contributed by atoms with Crippen LogP contribution in [-0.4, -0.2) is 36.5 Å². The minimum atomic E-state index is 0.453. The van der Waals surface area contributed by atoms with E-state index in [-0.39, 0.29) is 0 Å². The minimum absolute atomic E-state index is 0.453. The third-order valence-corrected chi connectivity index (χ3v) is 2.09. The molecule has 0 amide bonds. The number of aromatic amines is 1. The fourth-order valence-corrected chi connectivity index (χ4v) is 1.33. The lowest BCUT2D eigenvalue weighted by Gasteiger charge is -1.95. The maximum atomic E-state index is 4.98. The van der Waals surface area contributed by atoms with Gasteiger partial charge in [-0.25, -0.2) is 0 Å². The number of hydrogen-bond acceptors (Lipinski definition) is 4. The summed E-state index contributed by atoms with van der Waals surface area (Å²) in [6.07, 6.45) is 5.17. The average Bonchev–Trinajstić information content (AvgIpc) is 2.71. The highest BCUT2D eigenvalue weighted by Gasteiger charge is 1.97. The van der Waals surface area contributed by atoms with Gasteiger partial charge in [0, 0.05) is 18.7 Å². The number of oxime groups is 1. The Labute approximate surface area is 93.1 Å². The number of methoxy groups -OCH3 is 1. The van der Waals surface area contributed by atoms with Crippen molar-refractivity contribution in [3.8, 4) is 0 Å². The molecule has 0 saturated heterocycles. The van der Waals surface area contributed by atoms with E-state index in [1.165, 1.54) is 0 Å². The van der Waals surface area contributed by atoms with Crippen LogP contribution in [-0.2, 0) is 9.57 Å². The Bertz CT molecular complexity index is 446. The number of H-pyrrole nitrogens is 1. The number of nitrogens with zero attached hydrogens (tertiary/aromatic N) is 2. The van der Waals surface area contributed by atoms with E-state index in [1.54, 1.807) is 25.7 Å². The zero-order valence-electron chi connectivity index (χ0n) is 9.01. The summed E-state index contributed by atoms with van der Waals surface area (Å²) in [6, 6.07) is 3.93. The van der Waals surface area contributed by atoms with Crippen molar-refractivity contribution in [1.82, 2.24) is 9.97 Å². The summed E-state index contributed by atoms with van der Waals surface area (Å²) >= 11 is 0. The fraction of sp³-hybridized carbons (Fsp3) is 0.273. The predicted molar refractivity (Wildman–Crippen MR) is 61.5 cm³/mol. The molecule has 0 radical (unpaired) electrons. The maximum Gasteiger partial charge on any atom is 0.140 e. The van der Waals surface area contributed by atoms with Crippen LogP contribution in [0.15, 0.2) is 29.7 Å². The van der Waals surface area contributed by atoms with Gasteiger partial charge in [0.25, 0.3) is 0 Å². The van der Waals surface area contributed by atoms with Crippen LogP contribution in [0.1, 0.15) is 5.69 Å². The highest BCUT2D eigenvalue weighted by atomic mass is 16.6. The Kier molecular flexibility index (Phi) is 3.50. The molecule has 0 atom stereocenters. The smallest absolute Gasteiger partial charge is 0.140 e. The van der Waals surface area contributed by atoms with Crippen LogP contribution >= 0.6 is 0 Å². The second-order valence-electron chi connectivity index (χ2n) is 3.25. The van der Waals surface area contributed by atoms with Crippen molar-refractivity contribution in [2.75, 3.05) is 20.3 Å². The van der Waals surface area contributed by atoms with Gasteiger partial charge in [-0.3, -0.25) is 4.98 Å². The molecule has 16 heavy (non-hydrogen) atoms. The van der Waals surface area contributed by atoms with Crippen LogP contribution in [0.4, 0.5) is 0 Å². The van der Waals surface area contributed by atoms with Crippen LogP contribution in [0.5, 0.6) is 0 Å². The molecule has 2 aromatic heterocycles. The van der Waals surface area contributed by atoms with E-state index >= 15 is 0 Å². The zero-order valence-corrected chi connectivity index (χ0v) is 9.01. The van der Waals surface area contributed by atoms with Gasteiger partial charge < -0.3 is 14.6 Å². The number of ether oxygens (including phenoxy) is 1. The molecule has 0 aliphatic rings. The summed E-state index contributed by atoms with van der Waals surface area (Å²) < 4.78 is 4.83. The van der Waals surface area contributed by atoms with Gasteiger partial charge in [0.2, 0.25) is 0 Å². The molecule has 2 heterocycles. The summed E-state index contributed by atoms with van der Waals surface area (Å²) in [7, 11) is 1.62. The third-order valence-electron chi connectivity index (χ3n) is 2.09. The molecule has 2 aromatic rings. The predicted octanol–water partition coefficient (Wildman–Crippen LogP) is 1.56. The summed E-state index contributed by atoms with van der Waals surface area (Å²) in [5.74, 6) is 0. The lowest BCUT2D eigenvalue weighted by atomic mass is 10.3. The quantitative estimate of drug-likeness (QED) is 0.471. The summed E-state index contributed by atoms with van der Waals surface area (Å²) in [4.78, 5) is 12.2. The summed E-state index contributed by atoms with van der Waals surface area (Å²) in [6.45, 7) is 0.989. The number of rotatable bonds is 5. The molecular formula is C11H13N3O2. The van der Waals surface area contributed by atoms with Gasteiger partial charge in [-0.05, 0) is 12.1 Å². The fourth-order valence-electron chi connectivity index (χ4n) is 1.33. The molecule has 5 heteroatoms. The number of nitrogens with one attached hydrogen (secondary N) is 1. The molecule has 0 spiro atoms. The third kappa shape index (κ3) is 2.58. The minimum Gasteiger partial charge on any atom is -0.393 e. The van der Waals surface area contributed by atoms with E-state index in [9.17, 15) is 0 Å². The average molecular weight is 219 g/mol. The highest BCUT2D eigenvalue weighted by Crippen LogP contribution is 2.11. The van der Waals surface area contributed by atoms with Crippen LogP contribution < -0.4 is 0 Å². The molecule has 2 rings (SSSR count). The van der Waals surface area contributed by atoms with Crippen molar-refractivity contribution in [2.45, 2.75) is 0 Å². The number of pyridine rings is 1. The molecule has 0 saturated carbocycles. The Morgan fingerprint density at radius 1 is 1.50 bits per heavy atom. The van der Waals surface area contributed by atoms with Gasteiger partial charge in [-0.2, -0.15) is 0 Å². The topological polar surface area (TPSA) is 59.5 Å². The van der Waals surface area contributed by atoms with Crippen molar-refractivity contribution in [3.05, 3.63) is 30.2 Å².